The minimum absolute atomic E-state index is 0.0316. The number of nitrogens with one attached hydrogen (secondary N) is 1. The fourth-order valence-corrected chi connectivity index (χ4v) is 3.19. The molecule has 1 saturated heterocycles. The lowest BCUT2D eigenvalue weighted by atomic mass is 10.1. The van der Waals surface area contributed by atoms with Crippen molar-refractivity contribution in [1.82, 2.24) is 10.2 Å². The van der Waals surface area contributed by atoms with Crippen LogP contribution in [0.4, 0.5) is 4.79 Å². The van der Waals surface area contributed by atoms with Gasteiger partial charge >= 0.3 is 12.0 Å². The minimum Gasteiger partial charge on any atom is -0.481 e. The lowest BCUT2D eigenvalue weighted by Crippen LogP contribution is -2.46. The average molecular weight is 292 g/mol. The molecular weight excluding hydrogens is 272 g/mol. The van der Waals surface area contributed by atoms with Gasteiger partial charge < -0.3 is 15.3 Å². The van der Waals surface area contributed by atoms with Crippen LogP contribution in [0.3, 0.4) is 0 Å². The predicted molar refractivity (Wildman–Crippen MR) is 69.7 cm³/mol. The molecule has 19 heavy (non-hydrogen) atoms. The van der Waals surface area contributed by atoms with Gasteiger partial charge in [0.25, 0.3) is 0 Å². The molecule has 1 fully saturated rings. The Morgan fingerprint density at radius 3 is 2.58 bits per heavy atom. The molecular formula is C11H20N2O5S. The van der Waals surface area contributed by atoms with Crippen LogP contribution < -0.4 is 5.32 Å². The summed E-state index contributed by atoms with van der Waals surface area (Å²) in [4.78, 5) is 24.0. The zero-order valence-corrected chi connectivity index (χ0v) is 11.8. The second-order valence-corrected chi connectivity index (χ2v) is 6.95. The average Bonchev–Trinajstić information content (AvgIpc) is 2.48. The third-order valence-corrected chi connectivity index (χ3v) is 4.80. The molecule has 8 heteroatoms. The normalized spacial score (nSPS) is 20.4. The van der Waals surface area contributed by atoms with Crippen molar-refractivity contribution < 1.29 is 23.1 Å². The fourth-order valence-electron chi connectivity index (χ4n) is 1.92. The number of sulfone groups is 1. The van der Waals surface area contributed by atoms with Crippen molar-refractivity contribution >= 4 is 21.8 Å². The predicted octanol–water partition coefficient (Wildman–Crippen LogP) is 0.0698. The van der Waals surface area contributed by atoms with E-state index in [0.717, 1.165) is 0 Å². The second kappa shape index (κ2) is 6.74. The maximum Gasteiger partial charge on any atom is 0.317 e. The Morgan fingerprint density at radius 1 is 1.32 bits per heavy atom. The molecule has 0 saturated carbocycles. The molecule has 0 aromatic rings. The first kappa shape index (κ1) is 15.7. The van der Waals surface area contributed by atoms with Gasteiger partial charge in [0, 0.05) is 19.1 Å². The van der Waals surface area contributed by atoms with E-state index in [-0.39, 0.29) is 30.5 Å². The monoisotopic (exact) mass is 292 g/mol. The molecule has 1 aliphatic heterocycles. The molecule has 0 aromatic carbocycles. The number of hydrogen-bond donors (Lipinski definition) is 2. The molecule has 0 spiro atoms. The van der Waals surface area contributed by atoms with E-state index >= 15 is 0 Å². The van der Waals surface area contributed by atoms with Crippen LogP contribution in [0.5, 0.6) is 0 Å². The summed E-state index contributed by atoms with van der Waals surface area (Å²) >= 11 is 0. The molecule has 2 N–H and O–H groups in total. The van der Waals surface area contributed by atoms with Crippen molar-refractivity contribution in [2.45, 2.75) is 32.2 Å². The maximum absolute atomic E-state index is 11.9. The molecule has 1 heterocycles. The van der Waals surface area contributed by atoms with Crippen molar-refractivity contribution in [3.05, 3.63) is 0 Å². The molecule has 0 radical (unpaired) electrons. The van der Waals surface area contributed by atoms with Crippen molar-refractivity contribution in [3.63, 3.8) is 0 Å². The molecule has 2 amide bonds. The first-order valence-corrected chi connectivity index (χ1v) is 8.14. The standard InChI is InChI=1S/C11H20N2O5S/c1-2-9(8-10(14)15)12-11(16)13-4-3-6-19(17,18)7-5-13/h9H,2-8H2,1H3,(H,12,16)(H,14,15). The minimum atomic E-state index is -3.05. The number of aliphatic carboxylic acids is 1. The highest BCUT2D eigenvalue weighted by atomic mass is 32.2. The summed E-state index contributed by atoms with van der Waals surface area (Å²) in [5, 5.41) is 11.3. The Hall–Kier alpha value is -1.31. The van der Waals surface area contributed by atoms with E-state index in [1.807, 2.05) is 0 Å². The van der Waals surface area contributed by atoms with Crippen LogP contribution in [-0.4, -0.2) is 61.1 Å². The summed E-state index contributed by atoms with van der Waals surface area (Å²) in [5.41, 5.74) is 0. The van der Waals surface area contributed by atoms with Crippen LogP contribution in [0, 0.1) is 0 Å². The van der Waals surface area contributed by atoms with E-state index in [2.05, 4.69) is 5.32 Å². The van der Waals surface area contributed by atoms with Gasteiger partial charge in [-0.15, -0.1) is 0 Å². The largest absolute Gasteiger partial charge is 0.481 e. The molecule has 110 valence electrons. The molecule has 1 unspecified atom stereocenters. The van der Waals surface area contributed by atoms with E-state index in [1.165, 1.54) is 4.90 Å². The maximum atomic E-state index is 11.9. The summed E-state index contributed by atoms with van der Waals surface area (Å²) in [6.45, 7) is 2.34. The van der Waals surface area contributed by atoms with Crippen LogP contribution in [0.1, 0.15) is 26.2 Å². The Morgan fingerprint density at radius 2 is 2.00 bits per heavy atom. The van der Waals surface area contributed by atoms with Crippen molar-refractivity contribution in [2.75, 3.05) is 24.6 Å². The molecule has 7 nitrogen and oxygen atoms in total. The summed E-state index contributed by atoms with van der Waals surface area (Å²) in [5.74, 6) is -0.898. The number of carboxylic acid groups (broad SMARTS) is 1. The van der Waals surface area contributed by atoms with E-state index < -0.39 is 21.8 Å². The third-order valence-electron chi connectivity index (χ3n) is 3.08. The van der Waals surface area contributed by atoms with E-state index in [4.69, 9.17) is 5.11 Å². The summed E-state index contributed by atoms with van der Waals surface area (Å²) < 4.78 is 22.9. The molecule has 0 aliphatic carbocycles. The van der Waals surface area contributed by atoms with Crippen LogP contribution in [0.15, 0.2) is 0 Å². The highest BCUT2D eigenvalue weighted by Crippen LogP contribution is 2.06. The summed E-state index contributed by atoms with van der Waals surface area (Å²) in [7, 11) is -3.05. The number of nitrogens with zero attached hydrogens (tertiary/aromatic N) is 1. The van der Waals surface area contributed by atoms with Gasteiger partial charge in [-0.05, 0) is 12.8 Å². The number of rotatable bonds is 4. The lowest BCUT2D eigenvalue weighted by molar-refractivity contribution is -0.137. The number of carbonyl (C=O) groups excluding carboxylic acids is 1. The number of urea groups is 1. The quantitative estimate of drug-likeness (QED) is 0.763. The Labute approximate surface area is 112 Å². The zero-order valence-electron chi connectivity index (χ0n) is 11.0. The van der Waals surface area contributed by atoms with Crippen molar-refractivity contribution in [1.29, 1.82) is 0 Å². The molecule has 0 bridgehead atoms. The number of carbonyl (C=O) groups is 2. The van der Waals surface area contributed by atoms with Gasteiger partial charge in [-0.2, -0.15) is 0 Å². The van der Waals surface area contributed by atoms with Crippen molar-refractivity contribution in [3.8, 4) is 0 Å². The van der Waals surface area contributed by atoms with Gasteiger partial charge in [-0.25, -0.2) is 13.2 Å². The number of amides is 2. The van der Waals surface area contributed by atoms with Gasteiger partial charge in [0.05, 0.1) is 17.9 Å². The van der Waals surface area contributed by atoms with Gasteiger partial charge in [-0.1, -0.05) is 6.92 Å². The Bertz CT molecular complexity index is 434. The SMILES string of the molecule is CCC(CC(=O)O)NC(=O)N1CCCS(=O)(=O)CC1. The lowest BCUT2D eigenvalue weighted by Gasteiger charge is -2.23. The third kappa shape index (κ3) is 5.46. The van der Waals surface area contributed by atoms with Crippen LogP contribution in [0.2, 0.25) is 0 Å². The number of hydrogen-bond acceptors (Lipinski definition) is 4. The van der Waals surface area contributed by atoms with Crippen LogP contribution >= 0.6 is 0 Å². The van der Waals surface area contributed by atoms with E-state index in [1.54, 1.807) is 6.92 Å². The summed E-state index contributed by atoms with van der Waals surface area (Å²) in [6, 6.07) is -0.810. The van der Waals surface area contributed by atoms with E-state index in [9.17, 15) is 18.0 Å². The molecule has 1 rings (SSSR count). The van der Waals surface area contributed by atoms with Crippen molar-refractivity contribution in [2.24, 2.45) is 0 Å². The molecule has 0 aromatic heterocycles. The first-order chi connectivity index (χ1) is 8.84. The van der Waals surface area contributed by atoms with Gasteiger partial charge in [0.1, 0.15) is 0 Å². The Kier molecular flexibility index (Phi) is 5.59. The van der Waals surface area contributed by atoms with Gasteiger partial charge in [-0.3, -0.25) is 4.79 Å². The first-order valence-electron chi connectivity index (χ1n) is 6.31. The summed E-state index contributed by atoms with van der Waals surface area (Å²) in [6.07, 6.45) is 0.810. The molecule has 1 atom stereocenters. The highest BCUT2D eigenvalue weighted by molar-refractivity contribution is 7.91. The Balaban J connectivity index is 2.55. The second-order valence-electron chi connectivity index (χ2n) is 4.64. The fraction of sp³-hybridized carbons (Fsp3) is 0.818. The zero-order chi connectivity index (χ0) is 14.5. The van der Waals surface area contributed by atoms with Crippen LogP contribution in [0.25, 0.3) is 0 Å². The topological polar surface area (TPSA) is 104 Å². The van der Waals surface area contributed by atoms with Gasteiger partial charge in [0.15, 0.2) is 9.84 Å². The smallest absolute Gasteiger partial charge is 0.317 e. The molecule has 1 aliphatic rings. The highest BCUT2D eigenvalue weighted by Gasteiger charge is 2.24. The van der Waals surface area contributed by atoms with Gasteiger partial charge in [0.2, 0.25) is 0 Å². The van der Waals surface area contributed by atoms with Crippen LogP contribution in [-0.2, 0) is 14.6 Å². The number of carboxylic acids is 1. The van der Waals surface area contributed by atoms with E-state index in [0.29, 0.717) is 19.4 Å².